The standard InChI is InChI=1S/C28H32ClN3O5S/c1-5-26(28(34)30-3)31(18-21-10-9-11-23(16-21)37-4)27(33)19-32(22-15-14-20(2)25(29)17-22)38(35,36)24-12-7-6-8-13-24/h6-17,26H,5,18-19H2,1-4H3,(H,30,34). The van der Waals surface area contributed by atoms with Crippen LogP contribution in [-0.2, 0) is 26.2 Å². The predicted octanol–water partition coefficient (Wildman–Crippen LogP) is 4.41. The van der Waals surface area contributed by atoms with Gasteiger partial charge in [-0.2, -0.15) is 0 Å². The number of hydrogen-bond donors (Lipinski definition) is 1. The van der Waals surface area contributed by atoms with Crippen molar-refractivity contribution in [3.63, 3.8) is 0 Å². The Balaban J connectivity index is 2.07. The second-order valence-electron chi connectivity index (χ2n) is 8.67. The van der Waals surface area contributed by atoms with Crippen LogP contribution in [0.15, 0.2) is 77.7 Å². The van der Waals surface area contributed by atoms with Crippen molar-refractivity contribution in [2.24, 2.45) is 0 Å². The average molecular weight is 558 g/mol. The van der Waals surface area contributed by atoms with Gasteiger partial charge in [0.25, 0.3) is 10.0 Å². The Kier molecular flexibility index (Phi) is 9.77. The quantitative estimate of drug-likeness (QED) is 0.377. The van der Waals surface area contributed by atoms with Crippen molar-refractivity contribution < 1.29 is 22.7 Å². The van der Waals surface area contributed by atoms with Crippen LogP contribution in [0.4, 0.5) is 5.69 Å². The summed E-state index contributed by atoms with van der Waals surface area (Å²) in [5.74, 6) is -0.287. The first-order chi connectivity index (χ1) is 18.1. The highest BCUT2D eigenvalue weighted by molar-refractivity contribution is 7.92. The maximum Gasteiger partial charge on any atom is 0.264 e. The topological polar surface area (TPSA) is 96.0 Å². The summed E-state index contributed by atoms with van der Waals surface area (Å²) in [5, 5.41) is 2.98. The third-order valence-electron chi connectivity index (χ3n) is 6.17. The van der Waals surface area contributed by atoms with Gasteiger partial charge in [0.2, 0.25) is 11.8 Å². The summed E-state index contributed by atoms with van der Waals surface area (Å²) in [6.45, 7) is 3.15. The van der Waals surface area contributed by atoms with E-state index in [1.807, 2.05) is 6.07 Å². The summed E-state index contributed by atoms with van der Waals surface area (Å²) < 4.78 is 33.9. The lowest BCUT2D eigenvalue weighted by Gasteiger charge is -2.33. The Hall–Kier alpha value is -3.56. The van der Waals surface area contributed by atoms with Crippen LogP contribution in [0.25, 0.3) is 0 Å². The Morgan fingerprint density at radius 3 is 2.34 bits per heavy atom. The fraction of sp³-hybridized carbons (Fsp3) is 0.286. The van der Waals surface area contributed by atoms with Crippen molar-refractivity contribution in [2.75, 3.05) is 25.0 Å². The maximum atomic E-state index is 13.9. The predicted molar refractivity (Wildman–Crippen MR) is 149 cm³/mol. The Labute approximate surface area is 229 Å². The third kappa shape index (κ3) is 6.65. The number of carbonyl (C=O) groups excluding carboxylic acids is 2. The fourth-order valence-corrected chi connectivity index (χ4v) is 5.64. The summed E-state index contributed by atoms with van der Waals surface area (Å²) >= 11 is 6.34. The van der Waals surface area contributed by atoms with Crippen LogP contribution in [0.3, 0.4) is 0 Å². The van der Waals surface area contributed by atoms with Gasteiger partial charge < -0.3 is 15.0 Å². The number of likely N-dealkylation sites (N-methyl/N-ethyl adjacent to an activating group) is 1. The van der Waals surface area contributed by atoms with Crippen LogP contribution < -0.4 is 14.4 Å². The van der Waals surface area contributed by atoms with Crippen LogP contribution in [0, 0.1) is 6.92 Å². The van der Waals surface area contributed by atoms with Gasteiger partial charge in [0.15, 0.2) is 0 Å². The maximum absolute atomic E-state index is 13.9. The summed E-state index contributed by atoms with van der Waals surface area (Å²) in [5.41, 5.74) is 1.74. The molecule has 0 aliphatic heterocycles. The number of nitrogens with zero attached hydrogens (tertiary/aromatic N) is 2. The van der Waals surface area contributed by atoms with Gasteiger partial charge in [-0.15, -0.1) is 0 Å². The van der Waals surface area contributed by atoms with Crippen LogP contribution in [-0.4, -0.2) is 51.9 Å². The Bertz CT molecular complexity index is 1380. The van der Waals surface area contributed by atoms with E-state index in [1.54, 1.807) is 69.5 Å². The van der Waals surface area contributed by atoms with Crippen molar-refractivity contribution in [3.05, 3.63) is 88.9 Å². The molecule has 0 aromatic heterocycles. The van der Waals surface area contributed by atoms with Crippen molar-refractivity contribution >= 4 is 39.1 Å². The zero-order chi connectivity index (χ0) is 27.9. The van der Waals surface area contributed by atoms with Crippen molar-refractivity contribution in [3.8, 4) is 5.75 Å². The molecule has 3 rings (SSSR count). The first-order valence-electron chi connectivity index (χ1n) is 12.1. The van der Waals surface area contributed by atoms with Gasteiger partial charge in [-0.1, -0.05) is 54.9 Å². The molecule has 2 amide bonds. The monoisotopic (exact) mass is 557 g/mol. The molecule has 0 heterocycles. The lowest BCUT2D eigenvalue weighted by atomic mass is 10.1. The van der Waals surface area contributed by atoms with Gasteiger partial charge in [-0.05, 0) is 60.9 Å². The van der Waals surface area contributed by atoms with E-state index in [2.05, 4.69) is 5.32 Å². The molecule has 38 heavy (non-hydrogen) atoms. The number of carbonyl (C=O) groups is 2. The number of amides is 2. The van der Waals surface area contributed by atoms with Crippen molar-refractivity contribution in [1.82, 2.24) is 10.2 Å². The molecule has 0 saturated heterocycles. The molecule has 3 aromatic rings. The van der Waals surface area contributed by atoms with E-state index in [0.29, 0.717) is 17.2 Å². The molecule has 0 aliphatic carbocycles. The molecule has 202 valence electrons. The second-order valence-corrected chi connectivity index (χ2v) is 10.9. The molecule has 0 fully saturated rings. The molecular weight excluding hydrogens is 526 g/mol. The first kappa shape index (κ1) is 29.0. The molecule has 8 nitrogen and oxygen atoms in total. The minimum Gasteiger partial charge on any atom is -0.497 e. The number of methoxy groups -OCH3 is 1. The second kappa shape index (κ2) is 12.8. The zero-order valence-corrected chi connectivity index (χ0v) is 23.4. The van der Waals surface area contributed by atoms with E-state index in [9.17, 15) is 18.0 Å². The van der Waals surface area contributed by atoms with E-state index in [4.69, 9.17) is 16.3 Å². The number of aryl methyl sites for hydroxylation is 1. The van der Waals surface area contributed by atoms with E-state index in [0.717, 1.165) is 15.4 Å². The minimum atomic E-state index is -4.15. The molecule has 3 aromatic carbocycles. The van der Waals surface area contributed by atoms with Gasteiger partial charge in [0.05, 0.1) is 17.7 Å². The van der Waals surface area contributed by atoms with Gasteiger partial charge >= 0.3 is 0 Å². The van der Waals surface area contributed by atoms with Gasteiger partial charge in [0, 0.05) is 18.6 Å². The van der Waals surface area contributed by atoms with E-state index >= 15 is 0 Å². The van der Waals surface area contributed by atoms with Crippen molar-refractivity contribution in [1.29, 1.82) is 0 Å². The Morgan fingerprint density at radius 1 is 1.03 bits per heavy atom. The molecule has 0 radical (unpaired) electrons. The normalized spacial score (nSPS) is 11.9. The Morgan fingerprint density at radius 2 is 1.74 bits per heavy atom. The van der Waals surface area contributed by atoms with Gasteiger partial charge in [0.1, 0.15) is 18.3 Å². The summed E-state index contributed by atoms with van der Waals surface area (Å²) in [4.78, 5) is 28.1. The number of hydrogen-bond acceptors (Lipinski definition) is 5. The third-order valence-corrected chi connectivity index (χ3v) is 8.37. The first-order valence-corrected chi connectivity index (χ1v) is 13.9. The molecular formula is C28H32ClN3O5S. The number of halogens is 1. The SMILES string of the molecule is CCC(C(=O)NC)N(Cc1cccc(OC)c1)C(=O)CN(c1ccc(C)c(Cl)c1)S(=O)(=O)c1ccccc1. The molecule has 0 spiro atoms. The number of anilines is 1. The molecule has 0 saturated carbocycles. The smallest absolute Gasteiger partial charge is 0.264 e. The number of rotatable bonds is 11. The number of ether oxygens (including phenoxy) is 1. The van der Waals surface area contributed by atoms with Gasteiger partial charge in [-0.3, -0.25) is 13.9 Å². The molecule has 1 N–H and O–H groups in total. The van der Waals surface area contributed by atoms with Crippen LogP contribution in [0.1, 0.15) is 24.5 Å². The molecule has 1 atom stereocenters. The highest BCUT2D eigenvalue weighted by Gasteiger charge is 2.33. The number of sulfonamides is 1. The van der Waals surface area contributed by atoms with Crippen LogP contribution in [0.2, 0.25) is 5.02 Å². The van der Waals surface area contributed by atoms with Gasteiger partial charge in [-0.25, -0.2) is 8.42 Å². The minimum absolute atomic E-state index is 0.0298. The highest BCUT2D eigenvalue weighted by Crippen LogP contribution is 2.29. The average Bonchev–Trinajstić information content (AvgIpc) is 2.93. The molecule has 0 bridgehead atoms. The zero-order valence-electron chi connectivity index (χ0n) is 21.8. The van der Waals surface area contributed by atoms with Crippen LogP contribution >= 0.6 is 11.6 Å². The number of nitrogens with one attached hydrogen (secondary N) is 1. The highest BCUT2D eigenvalue weighted by atomic mass is 35.5. The summed E-state index contributed by atoms with van der Waals surface area (Å²) in [7, 11) is -1.11. The van der Waals surface area contributed by atoms with E-state index in [1.165, 1.54) is 30.1 Å². The van der Waals surface area contributed by atoms with E-state index in [-0.39, 0.29) is 23.0 Å². The fourth-order valence-electron chi connectivity index (χ4n) is 4.04. The molecule has 10 heteroatoms. The lowest BCUT2D eigenvalue weighted by Crippen LogP contribution is -2.51. The van der Waals surface area contributed by atoms with Crippen LogP contribution in [0.5, 0.6) is 5.75 Å². The van der Waals surface area contributed by atoms with Crippen molar-refractivity contribution in [2.45, 2.75) is 37.8 Å². The lowest BCUT2D eigenvalue weighted by molar-refractivity contribution is -0.140. The molecule has 0 aliphatic rings. The summed E-state index contributed by atoms with van der Waals surface area (Å²) in [6.07, 6.45) is 0.331. The molecule has 1 unspecified atom stereocenters. The largest absolute Gasteiger partial charge is 0.497 e. The number of benzene rings is 3. The van der Waals surface area contributed by atoms with E-state index < -0.39 is 28.5 Å². The summed E-state index contributed by atoms with van der Waals surface area (Å²) in [6, 6.07) is 19.0.